The summed E-state index contributed by atoms with van der Waals surface area (Å²) in [5, 5.41) is 1.06. The molecule has 21 heavy (non-hydrogen) atoms. The normalized spacial score (nSPS) is 12.7. The first-order valence-electron chi connectivity index (χ1n) is 6.78. The Bertz CT molecular complexity index is 748. The van der Waals surface area contributed by atoms with E-state index in [0.29, 0.717) is 6.42 Å². The minimum atomic E-state index is -0.0907. The van der Waals surface area contributed by atoms with Gasteiger partial charge in [0.15, 0.2) is 0 Å². The fraction of sp³-hybridized carbons (Fsp3) is 0.267. The zero-order valence-corrected chi connectivity index (χ0v) is 12.8. The van der Waals surface area contributed by atoms with Gasteiger partial charge >= 0.3 is 0 Å². The molecule has 2 aromatic heterocycles. The molecule has 0 spiro atoms. The number of aromatic nitrogens is 3. The molecule has 1 aromatic carbocycles. The van der Waals surface area contributed by atoms with Crippen LogP contribution < -0.4 is 11.3 Å². The van der Waals surface area contributed by atoms with Crippen LogP contribution in [0.4, 0.5) is 0 Å². The maximum Gasteiger partial charge on any atom is 0.0950 e. The zero-order valence-electron chi connectivity index (χ0n) is 12.0. The first kappa shape index (κ1) is 14.1. The van der Waals surface area contributed by atoms with Crippen LogP contribution in [0.25, 0.3) is 11.0 Å². The predicted octanol–water partition coefficient (Wildman–Crippen LogP) is 2.45. The van der Waals surface area contributed by atoms with E-state index in [1.165, 1.54) is 4.88 Å². The molecule has 1 atom stereocenters. The Balaban J connectivity index is 1.90. The third-order valence-electron chi connectivity index (χ3n) is 3.48. The first-order valence-corrected chi connectivity index (χ1v) is 7.59. The number of hydrogen-bond donors (Lipinski definition) is 2. The summed E-state index contributed by atoms with van der Waals surface area (Å²) in [7, 11) is 0. The van der Waals surface area contributed by atoms with E-state index >= 15 is 0 Å². The number of nitrogens with two attached hydrogens (primary N) is 1. The van der Waals surface area contributed by atoms with Crippen LogP contribution in [0.3, 0.4) is 0 Å². The maximum atomic E-state index is 5.70. The van der Waals surface area contributed by atoms with E-state index in [1.54, 1.807) is 17.5 Å². The van der Waals surface area contributed by atoms with Crippen molar-refractivity contribution >= 4 is 22.4 Å². The Morgan fingerprint density at radius 2 is 1.95 bits per heavy atom. The molecule has 0 saturated heterocycles. The van der Waals surface area contributed by atoms with E-state index in [1.807, 2.05) is 31.2 Å². The molecule has 0 saturated carbocycles. The summed E-state index contributed by atoms with van der Waals surface area (Å²) in [6.45, 7) is 4.10. The van der Waals surface area contributed by atoms with Crippen LogP contribution in [0.2, 0.25) is 0 Å². The van der Waals surface area contributed by atoms with Gasteiger partial charge in [0.25, 0.3) is 0 Å². The number of benzene rings is 1. The Morgan fingerprint density at radius 3 is 2.62 bits per heavy atom. The molecule has 0 fully saturated rings. The Hall–Kier alpha value is -1.89. The lowest BCUT2D eigenvalue weighted by Gasteiger charge is -2.14. The SMILES string of the molecule is Cc1nc(CC(NN)c2cnc3ccccc3n2)sc1C. The summed E-state index contributed by atoms with van der Waals surface area (Å²) in [4.78, 5) is 14.9. The van der Waals surface area contributed by atoms with Gasteiger partial charge < -0.3 is 0 Å². The van der Waals surface area contributed by atoms with Gasteiger partial charge in [-0.25, -0.2) is 9.97 Å². The van der Waals surface area contributed by atoms with E-state index < -0.39 is 0 Å². The van der Waals surface area contributed by atoms with E-state index in [0.717, 1.165) is 27.4 Å². The number of para-hydroxylation sites is 2. The van der Waals surface area contributed by atoms with Crippen molar-refractivity contribution in [2.24, 2.45) is 5.84 Å². The molecule has 3 N–H and O–H groups in total. The van der Waals surface area contributed by atoms with Crippen molar-refractivity contribution in [3.05, 3.63) is 51.7 Å². The second-order valence-corrected chi connectivity index (χ2v) is 6.24. The lowest BCUT2D eigenvalue weighted by atomic mass is 10.1. The molecule has 0 aliphatic rings. The van der Waals surface area contributed by atoms with Crippen LogP contribution in [-0.4, -0.2) is 15.0 Å². The topological polar surface area (TPSA) is 76.7 Å². The minimum absolute atomic E-state index is 0.0907. The van der Waals surface area contributed by atoms with Gasteiger partial charge in [0, 0.05) is 11.3 Å². The number of nitrogens with one attached hydrogen (secondary N) is 1. The Kier molecular flexibility index (Phi) is 3.92. The zero-order chi connectivity index (χ0) is 14.8. The monoisotopic (exact) mass is 299 g/mol. The van der Waals surface area contributed by atoms with Crippen LogP contribution in [0.5, 0.6) is 0 Å². The minimum Gasteiger partial charge on any atom is -0.271 e. The highest BCUT2D eigenvalue weighted by molar-refractivity contribution is 7.11. The van der Waals surface area contributed by atoms with Gasteiger partial charge in [0.05, 0.1) is 39.7 Å². The average molecular weight is 299 g/mol. The lowest BCUT2D eigenvalue weighted by Crippen LogP contribution is -2.30. The predicted molar refractivity (Wildman–Crippen MR) is 84.9 cm³/mol. The van der Waals surface area contributed by atoms with Crippen LogP contribution in [0.15, 0.2) is 30.5 Å². The number of aryl methyl sites for hydroxylation is 2. The molecule has 3 rings (SSSR count). The average Bonchev–Trinajstić information content (AvgIpc) is 2.82. The maximum absolute atomic E-state index is 5.70. The molecule has 3 aromatic rings. The lowest BCUT2D eigenvalue weighted by molar-refractivity contribution is 0.537. The molecule has 1 unspecified atom stereocenters. The third kappa shape index (κ3) is 2.92. The summed E-state index contributed by atoms with van der Waals surface area (Å²) in [5.74, 6) is 5.70. The van der Waals surface area contributed by atoms with Gasteiger partial charge in [-0.05, 0) is 26.0 Å². The van der Waals surface area contributed by atoms with Crippen LogP contribution in [-0.2, 0) is 6.42 Å². The van der Waals surface area contributed by atoms with Gasteiger partial charge in [-0.3, -0.25) is 16.3 Å². The van der Waals surface area contributed by atoms with Gasteiger partial charge in [-0.15, -0.1) is 11.3 Å². The summed E-state index contributed by atoms with van der Waals surface area (Å²) < 4.78 is 0. The molecule has 0 aliphatic carbocycles. The molecular weight excluding hydrogens is 282 g/mol. The highest BCUT2D eigenvalue weighted by atomic mass is 32.1. The van der Waals surface area contributed by atoms with Crippen molar-refractivity contribution in [2.45, 2.75) is 26.3 Å². The third-order valence-corrected chi connectivity index (χ3v) is 4.57. The van der Waals surface area contributed by atoms with Crippen LogP contribution in [0, 0.1) is 13.8 Å². The van der Waals surface area contributed by atoms with Gasteiger partial charge in [0.1, 0.15) is 0 Å². The molecule has 0 amide bonds. The molecule has 0 radical (unpaired) electrons. The van der Waals surface area contributed by atoms with Crippen LogP contribution >= 0.6 is 11.3 Å². The standard InChI is InChI=1S/C15H17N5S/c1-9-10(2)21-15(18-9)7-13(20-16)14-8-17-11-5-3-4-6-12(11)19-14/h3-6,8,13,20H,7,16H2,1-2H3. The molecule has 6 heteroatoms. The molecule has 0 bridgehead atoms. The van der Waals surface area contributed by atoms with E-state index in [2.05, 4.69) is 27.3 Å². The molecular formula is C15H17N5S. The fourth-order valence-electron chi connectivity index (χ4n) is 2.19. The Morgan fingerprint density at radius 1 is 1.19 bits per heavy atom. The second kappa shape index (κ2) is 5.85. The number of fused-ring (bicyclic) bond motifs is 1. The number of hydrazine groups is 1. The smallest absolute Gasteiger partial charge is 0.0950 e. The van der Waals surface area contributed by atoms with Crippen molar-refractivity contribution in [1.82, 2.24) is 20.4 Å². The van der Waals surface area contributed by atoms with Gasteiger partial charge in [-0.2, -0.15) is 0 Å². The number of nitrogens with zero attached hydrogens (tertiary/aromatic N) is 3. The number of hydrogen-bond acceptors (Lipinski definition) is 6. The van der Waals surface area contributed by atoms with E-state index in [4.69, 9.17) is 5.84 Å². The largest absolute Gasteiger partial charge is 0.271 e. The second-order valence-electron chi connectivity index (χ2n) is 4.96. The number of rotatable bonds is 4. The Labute approximate surface area is 127 Å². The number of thiazole rings is 1. The highest BCUT2D eigenvalue weighted by Gasteiger charge is 2.16. The summed E-state index contributed by atoms with van der Waals surface area (Å²) >= 11 is 1.70. The van der Waals surface area contributed by atoms with E-state index in [9.17, 15) is 0 Å². The molecule has 5 nitrogen and oxygen atoms in total. The first-order chi connectivity index (χ1) is 10.2. The van der Waals surface area contributed by atoms with Crippen molar-refractivity contribution in [1.29, 1.82) is 0 Å². The van der Waals surface area contributed by atoms with Crippen molar-refractivity contribution < 1.29 is 0 Å². The van der Waals surface area contributed by atoms with Crippen molar-refractivity contribution in [3.63, 3.8) is 0 Å². The molecule has 2 heterocycles. The van der Waals surface area contributed by atoms with Crippen molar-refractivity contribution in [3.8, 4) is 0 Å². The fourth-order valence-corrected chi connectivity index (χ4v) is 3.17. The van der Waals surface area contributed by atoms with Crippen LogP contribution in [0.1, 0.15) is 27.3 Å². The molecule has 108 valence electrons. The van der Waals surface area contributed by atoms with Gasteiger partial charge in [-0.1, -0.05) is 12.1 Å². The van der Waals surface area contributed by atoms with E-state index in [-0.39, 0.29) is 6.04 Å². The quantitative estimate of drug-likeness (QED) is 0.571. The summed E-state index contributed by atoms with van der Waals surface area (Å²) in [5.41, 5.74) is 6.50. The van der Waals surface area contributed by atoms with Crippen molar-refractivity contribution in [2.75, 3.05) is 0 Å². The summed E-state index contributed by atoms with van der Waals surface area (Å²) in [6, 6.07) is 7.73. The van der Waals surface area contributed by atoms with Gasteiger partial charge in [0.2, 0.25) is 0 Å². The summed E-state index contributed by atoms with van der Waals surface area (Å²) in [6.07, 6.45) is 2.49. The molecule has 0 aliphatic heterocycles. The highest BCUT2D eigenvalue weighted by Crippen LogP contribution is 2.23.